The Morgan fingerprint density at radius 2 is 1.67 bits per heavy atom. The molecule has 1 atom stereocenters. The molecule has 3 aromatic rings. The highest BCUT2D eigenvalue weighted by Gasteiger charge is 2.30. The van der Waals surface area contributed by atoms with Gasteiger partial charge in [-0.3, -0.25) is 19.7 Å². The minimum atomic E-state index is -4.27. The number of carboxylic acids is 1. The Labute approximate surface area is 171 Å². The second kappa shape index (κ2) is 7.36. The number of carbonyl (C=O) groups excluding carboxylic acids is 2. The van der Waals surface area contributed by atoms with E-state index in [2.05, 4.69) is 10.0 Å². The van der Waals surface area contributed by atoms with Crippen LogP contribution in [0.3, 0.4) is 0 Å². The van der Waals surface area contributed by atoms with Crippen molar-refractivity contribution in [3.05, 3.63) is 77.4 Å². The number of sulfonamides is 1. The first-order valence-electron chi connectivity index (χ1n) is 8.98. The summed E-state index contributed by atoms with van der Waals surface area (Å²) >= 11 is 0. The number of rotatable bonds is 6. The number of carboxylic acid groups (broad SMARTS) is 1. The lowest BCUT2D eigenvalue weighted by Crippen LogP contribution is -2.42. The van der Waals surface area contributed by atoms with E-state index in [-0.39, 0.29) is 22.4 Å². The molecule has 0 aromatic heterocycles. The van der Waals surface area contributed by atoms with Gasteiger partial charge in [-0.15, -0.1) is 0 Å². The van der Waals surface area contributed by atoms with Crippen LogP contribution in [0.1, 0.15) is 26.3 Å². The van der Waals surface area contributed by atoms with Crippen LogP contribution in [0.2, 0.25) is 0 Å². The maximum atomic E-state index is 12.9. The highest BCUT2D eigenvalue weighted by molar-refractivity contribution is 7.89. The number of carbonyl (C=O) groups is 3. The average Bonchev–Trinajstić information content (AvgIpc) is 2.71. The van der Waals surface area contributed by atoms with E-state index in [9.17, 15) is 27.9 Å². The molecule has 8 nitrogen and oxygen atoms in total. The van der Waals surface area contributed by atoms with E-state index in [0.29, 0.717) is 16.3 Å². The van der Waals surface area contributed by atoms with E-state index in [0.717, 1.165) is 6.07 Å². The Morgan fingerprint density at radius 1 is 0.967 bits per heavy atom. The second-order valence-corrected chi connectivity index (χ2v) is 8.57. The van der Waals surface area contributed by atoms with Crippen LogP contribution in [0.4, 0.5) is 0 Å². The van der Waals surface area contributed by atoms with Crippen LogP contribution in [0, 0.1) is 0 Å². The standard InChI is InChI=1S/C21H16N2O6S/c24-19-15-8-4-7-13-10-14(11-16(18(13)15)20(25)22-19)30(28,29)23-17(21(26)27)9-12-5-2-1-3-6-12/h1-8,10-11,17,23H,9H2,(H,26,27)(H,22,24,25). The van der Waals surface area contributed by atoms with Gasteiger partial charge in [-0.05, 0) is 35.6 Å². The minimum Gasteiger partial charge on any atom is -0.480 e. The maximum Gasteiger partial charge on any atom is 0.322 e. The fraction of sp³-hybridized carbons (Fsp3) is 0.0952. The molecule has 4 rings (SSSR count). The zero-order valence-corrected chi connectivity index (χ0v) is 16.3. The molecule has 1 aliphatic heterocycles. The van der Waals surface area contributed by atoms with Gasteiger partial charge in [0.1, 0.15) is 6.04 Å². The van der Waals surface area contributed by atoms with Crippen LogP contribution in [-0.2, 0) is 21.2 Å². The average molecular weight is 424 g/mol. The fourth-order valence-electron chi connectivity index (χ4n) is 3.45. The Balaban J connectivity index is 1.75. The quantitative estimate of drug-likeness (QED) is 0.517. The Bertz CT molecular complexity index is 1300. The molecule has 0 saturated heterocycles. The summed E-state index contributed by atoms with van der Waals surface area (Å²) in [5.41, 5.74) is 0.966. The summed E-state index contributed by atoms with van der Waals surface area (Å²) in [6, 6.07) is 14.4. The number of imide groups is 1. The number of hydrogen-bond acceptors (Lipinski definition) is 5. The molecule has 1 aliphatic rings. The lowest BCUT2D eigenvalue weighted by Gasteiger charge is -2.19. The van der Waals surface area contributed by atoms with Crippen LogP contribution in [0.15, 0.2) is 65.6 Å². The summed E-state index contributed by atoms with van der Waals surface area (Å²) in [5, 5.41) is 12.4. The van der Waals surface area contributed by atoms with E-state index < -0.39 is 33.8 Å². The molecule has 0 aliphatic carbocycles. The summed E-state index contributed by atoms with van der Waals surface area (Å²) in [6.07, 6.45) is -0.0466. The van der Waals surface area contributed by atoms with Crippen LogP contribution in [-0.4, -0.2) is 37.3 Å². The smallest absolute Gasteiger partial charge is 0.322 e. The van der Waals surface area contributed by atoms with Crippen LogP contribution in [0.5, 0.6) is 0 Å². The monoisotopic (exact) mass is 424 g/mol. The third kappa shape index (κ3) is 3.56. The third-order valence-corrected chi connectivity index (χ3v) is 6.31. The normalized spacial score (nSPS) is 14.4. The first-order valence-corrected chi connectivity index (χ1v) is 10.5. The predicted molar refractivity (Wildman–Crippen MR) is 108 cm³/mol. The van der Waals surface area contributed by atoms with Gasteiger partial charge in [0.2, 0.25) is 10.0 Å². The third-order valence-electron chi connectivity index (χ3n) is 4.86. The van der Waals surface area contributed by atoms with Crippen molar-refractivity contribution in [1.82, 2.24) is 10.0 Å². The van der Waals surface area contributed by atoms with Crippen LogP contribution < -0.4 is 10.0 Å². The van der Waals surface area contributed by atoms with Gasteiger partial charge in [0.15, 0.2) is 0 Å². The van der Waals surface area contributed by atoms with E-state index in [4.69, 9.17) is 0 Å². The topological polar surface area (TPSA) is 130 Å². The Morgan fingerprint density at radius 3 is 2.37 bits per heavy atom. The number of benzene rings is 3. The van der Waals surface area contributed by atoms with E-state index >= 15 is 0 Å². The first kappa shape index (κ1) is 19.7. The van der Waals surface area contributed by atoms with Crippen molar-refractivity contribution in [2.75, 3.05) is 0 Å². The van der Waals surface area contributed by atoms with E-state index in [1.807, 2.05) is 0 Å². The Kier molecular flexibility index (Phi) is 4.84. The molecule has 2 amide bonds. The van der Waals surface area contributed by atoms with Gasteiger partial charge in [0, 0.05) is 16.5 Å². The van der Waals surface area contributed by atoms with E-state index in [1.165, 1.54) is 6.07 Å². The van der Waals surface area contributed by atoms with Gasteiger partial charge in [-0.2, -0.15) is 4.72 Å². The maximum absolute atomic E-state index is 12.9. The summed E-state index contributed by atoms with van der Waals surface area (Å²) < 4.78 is 28.1. The van der Waals surface area contributed by atoms with Crippen molar-refractivity contribution in [1.29, 1.82) is 0 Å². The fourth-order valence-corrected chi connectivity index (χ4v) is 4.70. The van der Waals surface area contributed by atoms with Crippen molar-refractivity contribution in [3.63, 3.8) is 0 Å². The zero-order chi connectivity index (χ0) is 21.5. The van der Waals surface area contributed by atoms with Gasteiger partial charge in [-0.1, -0.05) is 42.5 Å². The predicted octanol–water partition coefficient (Wildman–Crippen LogP) is 1.70. The van der Waals surface area contributed by atoms with Crippen LogP contribution >= 0.6 is 0 Å². The second-order valence-electron chi connectivity index (χ2n) is 6.86. The first-order chi connectivity index (χ1) is 14.3. The summed E-state index contributed by atoms with van der Waals surface area (Å²) in [4.78, 5) is 35.7. The SMILES string of the molecule is O=C1NC(=O)c2cc(S(=O)(=O)NC(Cc3ccccc3)C(=O)O)cc3cccc1c23. The largest absolute Gasteiger partial charge is 0.480 e. The van der Waals surface area contributed by atoms with Crippen molar-refractivity contribution in [2.45, 2.75) is 17.4 Å². The van der Waals surface area contributed by atoms with E-state index in [1.54, 1.807) is 48.5 Å². The molecule has 0 bridgehead atoms. The van der Waals surface area contributed by atoms with Crippen molar-refractivity contribution in [2.24, 2.45) is 0 Å². The highest BCUT2D eigenvalue weighted by Crippen LogP contribution is 2.29. The van der Waals surface area contributed by atoms with Crippen LogP contribution in [0.25, 0.3) is 10.8 Å². The molecular formula is C21H16N2O6S. The van der Waals surface area contributed by atoms with Gasteiger partial charge in [0.05, 0.1) is 4.90 Å². The van der Waals surface area contributed by atoms with Gasteiger partial charge < -0.3 is 5.11 Å². The molecule has 0 saturated carbocycles. The number of nitrogens with one attached hydrogen (secondary N) is 2. The molecule has 1 unspecified atom stereocenters. The van der Waals surface area contributed by atoms with Gasteiger partial charge in [0.25, 0.3) is 11.8 Å². The van der Waals surface area contributed by atoms with Crippen molar-refractivity contribution in [3.8, 4) is 0 Å². The minimum absolute atomic E-state index is 0.0398. The molecule has 0 radical (unpaired) electrons. The van der Waals surface area contributed by atoms with Gasteiger partial charge >= 0.3 is 5.97 Å². The molecule has 30 heavy (non-hydrogen) atoms. The molecule has 9 heteroatoms. The van der Waals surface area contributed by atoms with Crippen molar-refractivity contribution >= 4 is 38.6 Å². The molecule has 0 fully saturated rings. The Hall–Kier alpha value is -3.56. The van der Waals surface area contributed by atoms with Gasteiger partial charge in [-0.25, -0.2) is 8.42 Å². The number of amides is 2. The molecule has 1 heterocycles. The summed E-state index contributed by atoms with van der Waals surface area (Å²) in [6.45, 7) is 0. The van der Waals surface area contributed by atoms with Crippen molar-refractivity contribution < 1.29 is 27.9 Å². The lowest BCUT2D eigenvalue weighted by atomic mass is 9.95. The molecule has 3 aromatic carbocycles. The molecule has 0 spiro atoms. The highest BCUT2D eigenvalue weighted by atomic mass is 32.2. The number of hydrogen-bond donors (Lipinski definition) is 3. The molecular weight excluding hydrogens is 408 g/mol. The molecule has 3 N–H and O–H groups in total. The summed E-state index contributed by atoms with van der Waals surface area (Å²) in [5.74, 6) is -2.59. The number of aliphatic carboxylic acids is 1. The molecule has 152 valence electrons. The zero-order valence-electron chi connectivity index (χ0n) is 15.5. The summed E-state index contributed by atoms with van der Waals surface area (Å²) in [7, 11) is -4.27. The lowest BCUT2D eigenvalue weighted by molar-refractivity contribution is -0.138.